The van der Waals surface area contributed by atoms with Gasteiger partial charge in [-0.3, -0.25) is 0 Å². The molecule has 3 aromatic rings. The van der Waals surface area contributed by atoms with E-state index in [0.29, 0.717) is 5.92 Å². The zero-order valence-corrected chi connectivity index (χ0v) is 15.1. The molecule has 2 heteroatoms. The van der Waals surface area contributed by atoms with E-state index >= 15 is 0 Å². The lowest BCUT2D eigenvalue weighted by Crippen LogP contribution is -2.16. The van der Waals surface area contributed by atoms with Gasteiger partial charge in [-0.05, 0) is 46.9 Å². The van der Waals surface area contributed by atoms with Crippen molar-refractivity contribution in [2.24, 2.45) is 5.92 Å². The van der Waals surface area contributed by atoms with E-state index in [1.807, 2.05) is 18.2 Å². The first-order valence-corrected chi connectivity index (χ1v) is 8.73. The summed E-state index contributed by atoms with van der Waals surface area (Å²) in [5, 5.41) is 3.67. The second-order valence-corrected chi connectivity index (χ2v) is 6.58. The van der Waals surface area contributed by atoms with Crippen molar-refractivity contribution in [3.8, 4) is 16.9 Å². The summed E-state index contributed by atoms with van der Waals surface area (Å²) in [6, 6.07) is 27.7. The quantitative estimate of drug-likeness (QED) is 0.583. The van der Waals surface area contributed by atoms with Crippen LogP contribution in [0.2, 0.25) is 0 Å². The third kappa shape index (κ3) is 4.21. The maximum absolute atomic E-state index is 5.26. The number of anilines is 1. The number of ether oxygens (including phenoxy) is 1. The van der Waals surface area contributed by atoms with Crippen LogP contribution < -0.4 is 10.1 Å². The second kappa shape index (κ2) is 7.89. The average molecular weight is 331 g/mol. The molecule has 0 amide bonds. The Morgan fingerprint density at radius 2 is 1.32 bits per heavy atom. The van der Waals surface area contributed by atoms with Crippen molar-refractivity contribution in [1.29, 1.82) is 0 Å². The summed E-state index contributed by atoms with van der Waals surface area (Å²) in [7, 11) is 1.70. The smallest absolute Gasteiger partial charge is 0.118 e. The summed E-state index contributed by atoms with van der Waals surface area (Å²) in [4.78, 5) is 0. The Bertz CT molecular complexity index is 777. The van der Waals surface area contributed by atoms with Gasteiger partial charge in [-0.15, -0.1) is 0 Å². The Hall–Kier alpha value is -2.74. The van der Waals surface area contributed by atoms with Crippen molar-refractivity contribution in [3.05, 3.63) is 84.4 Å². The van der Waals surface area contributed by atoms with E-state index in [2.05, 4.69) is 79.8 Å². The predicted molar refractivity (Wildman–Crippen MR) is 106 cm³/mol. The van der Waals surface area contributed by atoms with Crippen LogP contribution in [0.15, 0.2) is 78.9 Å². The molecule has 0 aliphatic carbocycles. The molecule has 1 N–H and O–H groups in total. The molecule has 128 valence electrons. The molecule has 1 atom stereocenters. The number of rotatable bonds is 6. The van der Waals surface area contributed by atoms with Gasteiger partial charge in [0.2, 0.25) is 0 Å². The molecule has 3 aromatic carbocycles. The largest absolute Gasteiger partial charge is 0.497 e. The number of hydrogen-bond acceptors (Lipinski definition) is 2. The van der Waals surface area contributed by atoms with Crippen LogP contribution in [0.25, 0.3) is 11.1 Å². The Kier molecular flexibility index (Phi) is 5.39. The van der Waals surface area contributed by atoms with Gasteiger partial charge in [0.1, 0.15) is 5.75 Å². The standard InChI is InChI=1S/C23H25NO/c1-17(2)23(20-11-15-22(25-3)16-12-20)24-21-13-9-19(10-14-21)18-7-5-4-6-8-18/h4-17,23-24H,1-3H3. The average Bonchev–Trinajstić information content (AvgIpc) is 2.67. The molecule has 0 fully saturated rings. The van der Waals surface area contributed by atoms with Crippen molar-refractivity contribution < 1.29 is 4.74 Å². The van der Waals surface area contributed by atoms with Crippen LogP contribution >= 0.6 is 0 Å². The molecule has 0 heterocycles. The molecule has 0 saturated heterocycles. The molecule has 3 rings (SSSR count). The van der Waals surface area contributed by atoms with E-state index in [4.69, 9.17) is 4.74 Å². The van der Waals surface area contributed by atoms with Crippen LogP contribution in [0, 0.1) is 5.92 Å². The second-order valence-electron chi connectivity index (χ2n) is 6.58. The number of nitrogens with one attached hydrogen (secondary N) is 1. The molecule has 1 unspecified atom stereocenters. The predicted octanol–water partition coefficient (Wildman–Crippen LogP) is 6.17. The summed E-state index contributed by atoms with van der Waals surface area (Å²) < 4.78 is 5.26. The number of benzene rings is 3. The van der Waals surface area contributed by atoms with Gasteiger partial charge in [0.15, 0.2) is 0 Å². The van der Waals surface area contributed by atoms with Crippen LogP contribution in [0.3, 0.4) is 0 Å². The summed E-state index contributed by atoms with van der Waals surface area (Å²) in [6.07, 6.45) is 0. The van der Waals surface area contributed by atoms with E-state index in [1.165, 1.54) is 16.7 Å². The SMILES string of the molecule is COc1ccc(C(Nc2ccc(-c3ccccc3)cc2)C(C)C)cc1. The maximum atomic E-state index is 5.26. The fourth-order valence-electron chi connectivity index (χ4n) is 3.02. The van der Waals surface area contributed by atoms with Crippen LogP contribution in [0.1, 0.15) is 25.5 Å². The highest BCUT2D eigenvalue weighted by molar-refractivity contribution is 5.66. The van der Waals surface area contributed by atoms with Crippen molar-refractivity contribution in [1.82, 2.24) is 0 Å². The fourth-order valence-corrected chi connectivity index (χ4v) is 3.02. The lowest BCUT2D eigenvalue weighted by atomic mass is 9.95. The van der Waals surface area contributed by atoms with Gasteiger partial charge < -0.3 is 10.1 Å². The molecule has 2 nitrogen and oxygen atoms in total. The van der Waals surface area contributed by atoms with Gasteiger partial charge in [-0.2, -0.15) is 0 Å². The van der Waals surface area contributed by atoms with E-state index in [1.54, 1.807) is 7.11 Å². The van der Waals surface area contributed by atoms with Gasteiger partial charge in [-0.25, -0.2) is 0 Å². The first-order chi connectivity index (χ1) is 12.2. The first-order valence-electron chi connectivity index (χ1n) is 8.73. The Morgan fingerprint density at radius 1 is 0.720 bits per heavy atom. The minimum atomic E-state index is 0.258. The van der Waals surface area contributed by atoms with Crippen LogP contribution in [0.4, 0.5) is 5.69 Å². The number of hydrogen-bond donors (Lipinski definition) is 1. The molecule has 0 bridgehead atoms. The Morgan fingerprint density at radius 3 is 1.88 bits per heavy atom. The minimum Gasteiger partial charge on any atom is -0.497 e. The molecule has 0 spiro atoms. The lowest BCUT2D eigenvalue weighted by Gasteiger charge is -2.24. The number of methoxy groups -OCH3 is 1. The van der Waals surface area contributed by atoms with Crippen LogP contribution in [0.5, 0.6) is 5.75 Å². The van der Waals surface area contributed by atoms with Crippen LogP contribution in [-0.2, 0) is 0 Å². The summed E-state index contributed by atoms with van der Waals surface area (Å²) in [6.45, 7) is 4.47. The van der Waals surface area contributed by atoms with Gasteiger partial charge >= 0.3 is 0 Å². The minimum absolute atomic E-state index is 0.258. The lowest BCUT2D eigenvalue weighted by molar-refractivity contribution is 0.414. The molecule has 0 aliphatic heterocycles. The monoisotopic (exact) mass is 331 g/mol. The van der Waals surface area contributed by atoms with Crippen molar-refractivity contribution in [2.75, 3.05) is 12.4 Å². The molecular formula is C23H25NO. The topological polar surface area (TPSA) is 21.3 Å². The zero-order chi connectivity index (χ0) is 17.6. The van der Waals surface area contributed by atoms with Gasteiger partial charge in [-0.1, -0.05) is 68.4 Å². The fraction of sp³-hybridized carbons (Fsp3) is 0.217. The van der Waals surface area contributed by atoms with E-state index in [-0.39, 0.29) is 6.04 Å². The Balaban J connectivity index is 1.78. The highest BCUT2D eigenvalue weighted by atomic mass is 16.5. The summed E-state index contributed by atoms with van der Waals surface area (Å²) in [5.41, 5.74) is 4.87. The van der Waals surface area contributed by atoms with Crippen molar-refractivity contribution in [2.45, 2.75) is 19.9 Å². The highest BCUT2D eigenvalue weighted by Gasteiger charge is 2.15. The third-order valence-corrected chi connectivity index (χ3v) is 4.46. The van der Waals surface area contributed by atoms with Crippen molar-refractivity contribution >= 4 is 5.69 Å². The Labute approximate surface area is 150 Å². The third-order valence-electron chi connectivity index (χ3n) is 4.46. The maximum Gasteiger partial charge on any atom is 0.118 e. The zero-order valence-electron chi connectivity index (χ0n) is 15.1. The molecular weight excluding hydrogens is 306 g/mol. The van der Waals surface area contributed by atoms with E-state index in [9.17, 15) is 0 Å². The van der Waals surface area contributed by atoms with E-state index < -0.39 is 0 Å². The van der Waals surface area contributed by atoms with Crippen LogP contribution in [-0.4, -0.2) is 7.11 Å². The molecule has 25 heavy (non-hydrogen) atoms. The molecule has 0 radical (unpaired) electrons. The molecule has 0 aliphatic rings. The molecule has 0 aromatic heterocycles. The normalized spacial score (nSPS) is 12.0. The summed E-state index contributed by atoms with van der Waals surface area (Å²) >= 11 is 0. The van der Waals surface area contributed by atoms with E-state index in [0.717, 1.165) is 11.4 Å². The summed E-state index contributed by atoms with van der Waals surface area (Å²) in [5.74, 6) is 1.36. The highest BCUT2D eigenvalue weighted by Crippen LogP contribution is 2.29. The molecule has 0 saturated carbocycles. The first kappa shape index (κ1) is 17.1. The van der Waals surface area contributed by atoms with Gasteiger partial charge in [0.25, 0.3) is 0 Å². The van der Waals surface area contributed by atoms with Crippen molar-refractivity contribution in [3.63, 3.8) is 0 Å². The van der Waals surface area contributed by atoms with Gasteiger partial charge in [0.05, 0.1) is 13.2 Å². The van der Waals surface area contributed by atoms with Gasteiger partial charge in [0, 0.05) is 5.69 Å².